The van der Waals surface area contributed by atoms with Crippen molar-refractivity contribution in [1.82, 2.24) is 14.2 Å². The number of nitrogens with zero attached hydrogens (tertiary/aromatic N) is 3. The molecule has 3 aliphatic heterocycles. The van der Waals surface area contributed by atoms with E-state index in [2.05, 4.69) is 4.98 Å². The summed E-state index contributed by atoms with van der Waals surface area (Å²) in [6.45, 7) is 2.66. The summed E-state index contributed by atoms with van der Waals surface area (Å²) < 4.78 is 55.8. The van der Waals surface area contributed by atoms with Gasteiger partial charge in [0.25, 0.3) is 0 Å². The van der Waals surface area contributed by atoms with Crippen LogP contribution in [0.2, 0.25) is 0 Å². The highest BCUT2D eigenvalue weighted by Gasteiger charge is 2.41. The highest BCUT2D eigenvalue weighted by molar-refractivity contribution is 7.89. The van der Waals surface area contributed by atoms with Crippen LogP contribution in [0.1, 0.15) is 6.42 Å². The number of aromatic nitrogens is 1. The molecule has 0 saturated carbocycles. The predicted octanol–water partition coefficient (Wildman–Crippen LogP) is 1.79. The van der Waals surface area contributed by atoms with Crippen LogP contribution in [-0.2, 0) is 24.3 Å². The minimum atomic E-state index is -4.15. The average Bonchev–Trinajstić information content (AvgIpc) is 3.55. The molecule has 2 N–H and O–H groups in total. The summed E-state index contributed by atoms with van der Waals surface area (Å²) in [6.07, 6.45) is 0.0440. The number of H-pyrrole nitrogens is 1. The largest absolute Gasteiger partial charge is 0.391 e. The summed E-state index contributed by atoms with van der Waals surface area (Å²) in [5, 5.41) is 10.6. The van der Waals surface area contributed by atoms with Crippen LogP contribution >= 0.6 is 0 Å². The Labute approximate surface area is 225 Å². The first-order valence-electron chi connectivity index (χ1n) is 13.1. The van der Waals surface area contributed by atoms with E-state index < -0.39 is 28.0 Å². The van der Waals surface area contributed by atoms with Crippen LogP contribution in [0, 0.1) is 5.82 Å². The fourth-order valence-corrected chi connectivity index (χ4v) is 7.18. The molecule has 1 amide bonds. The molecule has 6 rings (SSSR count). The topological polar surface area (TPSA) is 115 Å². The summed E-state index contributed by atoms with van der Waals surface area (Å²) in [7, 11) is -4.15. The number of morpholine rings is 2. The number of aliphatic hydroxyl groups is 1. The maximum absolute atomic E-state index is 15.7. The number of nitrogens with one attached hydrogen (secondary N) is 1. The molecule has 3 fully saturated rings. The van der Waals surface area contributed by atoms with E-state index in [9.17, 15) is 18.3 Å². The number of ether oxygens (including phenoxy) is 2. The number of halogens is 1. The summed E-state index contributed by atoms with van der Waals surface area (Å²) in [5.74, 6) is -0.793. The smallest absolute Gasteiger partial charge is 0.243 e. The average molecular weight is 559 g/mol. The van der Waals surface area contributed by atoms with Crippen LogP contribution in [0.25, 0.3) is 22.2 Å². The van der Waals surface area contributed by atoms with Crippen molar-refractivity contribution in [2.24, 2.45) is 0 Å². The molecule has 10 nitrogen and oxygen atoms in total. The van der Waals surface area contributed by atoms with Crippen molar-refractivity contribution in [1.29, 1.82) is 0 Å². The Morgan fingerprint density at radius 3 is 2.54 bits per heavy atom. The third-order valence-corrected chi connectivity index (χ3v) is 9.58. The van der Waals surface area contributed by atoms with Crippen molar-refractivity contribution >= 4 is 32.5 Å². The number of anilines is 1. The zero-order valence-corrected chi connectivity index (χ0v) is 22.2. The number of amides is 1. The number of rotatable bonds is 5. The molecular weight excluding hydrogens is 527 g/mol. The number of hydrogen-bond donors (Lipinski definition) is 2. The Morgan fingerprint density at radius 1 is 1.03 bits per heavy atom. The lowest BCUT2D eigenvalue weighted by Crippen LogP contribution is -2.58. The molecule has 0 spiro atoms. The molecule has 0 unspecified atom stereocenters. The first-order chi connectivity index (χ1) is 18.8. The molecule has 0 aliphatic carbocycles. The summed E-state index contributed by atoms with van der Waals surface area (Å²) in [4.78, 5) is 20.0. The van der Waals surface area contributed by atoms with Crippen LogP contribution in [0.3, 0.4) is 0 Å². The Kier molecular flexibility index (Phi) is 7.06. The number of fused-ring (bicyclic) bond motifs is 1. The Balaban J connectivity index is 1.42. The van der Waals surface area contributed by atoms with Gasteiger partial charge in [0.15, 0.2) is 5.82 Å². The van der Waals surface area contributed by atoms with Crippen molar-refractivity contribution in [2.75, 3.05) is 64.1 Å². The number of carbonyl (C=O) groups excluding carboxylic acids is 1. The normalized spacial score (nSPS) is 23.0. The number of hydrogen-bond acceptors (Lipinski definition) is 7. The van der Waals surface area contributed by atoms with E-state index in [0.717, 1.165) is 0 Å². The van der Waals surface area contributed by atoms with E-state index in [4.69, 9.17) is 9.47 Å². The van der Waals surface area contributed by atoms with Crippen molar-refractivity contribution in [3.8, 4) is 11.3 Å². The van der Waals surface area contributed by atoms with Crippen molar-refractivity contribution < 1.29 is 32.2 Å². The van der Waals surface area contributed by atoms with Gasteiger partial charge in [0.1, 0.15) is 6.04 Å². The van der Waals surface area contributed by atoms with E-state index >= 15 is 4.39 Å². The summed E-state index contributed by atoms with van der Waals surface area (Å²) in [6, 6.07) is 10.6. The predicted molar refractivity (Wildman–Crippen MR) is 142 cm³/mol. The minimum Gasteiger partial charge on any atom is -0.391 e. The van der Waals surface area contributed by atoms with Crippen LogP contribution in [0.15, 0.2) is 47.4 Å². The maximum Gasteiger partial charge on any atom is 0.243 e. The van der Waals surface area contributed by atoms with Gasteiger partial charge in [0.2, 0.25) is 15.9 Å². The van der Waals surface area contributed by atoms with Crippen molar-refractivity contribution in [3.63, 3.8) is 0 Å². The zero-order valence-electron chi connectivity index (χ0n) is 21.4. The van der Waals surface area contributed by atoms with Crippen LogP contribution in [0.4, 0.5) is 10.1 Å². The first-order valence-corrected chi connectivity index (χ1v) is 14.6. The van der Waals surface area contributed by atoms with Crippen LogP contribution in [0.5, 0.6) is 0 Å². The van der Waals surface area contributed by atoms with Gasteiger partial charge in [-0.05, 0) is 36.8 Å². The van der Waals surface area contributed by atoms with Crippen molar-refractivity contribution in [2.45, 2.75) is 23.5 Å². The van der Waals surface area contributed by atoms with E-state index in [1.807, 2.05) is 4.90 Å². The number of carbonyl (C=O) groups is 1. The van der Waals surface area contributed by atoms with Gasteiger partial charge in [-0.25, -0.2) is 12.8 Å². The molecule has 3 aliphatic rings. The number of para-hydroxylation sites is 1. The Hall–Kier alpha value is -3.03. The standard InChI is InChI=1S/C27H31FN4O6S/c28-25-20-3-1-2-4-22(20)29-26(25)21-15-19(5-6-23(21)31-8-7-18(33)16-31)39(35,36)32-11-14-38-17-24(32)27(34)30-9-12-37-13-10-30/h1-6,15,18,24,29,33H,7-14,16-17H2/t18-,24-/m0/s1. The summed E-state index contributed by atoms with van der Waals surface area (Å²) >= 11 is 0. The number of β-amino-alcohol motifs (C(OH)–C–C–N with tert-alkyl or cyclic N) is 1. The monoisotopic (exact) mass is 558 g/mol. The molecular formula is C27H31FN4O6S. The van der Waals surface area contributed by atoms with E-state index in [1.165, 1.54) is 16.4 Å². The van der Waals surface area contributed by atoms with Gasteiger partial charge in [-0.15, -0.1) is 0 Å². The Bertz CT molecular complexity index is 1490. The highest BCUT2D eigenvalue weighted by atomic mass is 32.2. The zero-order chi connectivity index (χ0) is 27.1. The van der Waals surface area contributed by atoms with Gasteiger partial charge in [0, 0.05) is 54.9 Å². The summed E-state index contributed by atoms with van der Waals surface area (Å²) in [5.41, 5.74) is 1.77. The van der Waals surface area contributed by atoms with Gasteiger partial charge in [0.05, 0.1) is 43.1 Å². The fraction of sp³-hybridized carbons (Fsp3) is 0.444. The SMILES string of the molecule is O=C([C@@H]1COCCN1S(=O)(=O)c1ccc(N2CC[C@H](O)C2)c(-c2[nH]c3ccccc3c2F)c1)N1CCOCC1. The van der Waals surface area contributed by atoms with Gasteiger partial charge >= 0.3 is 0 Å². The van der Waals surface area contributed by atoms with E-state index in [-0.39, 0.29) is 36.3 Å². The van der Waals surface area contributed by atoms with Crippen LogP contribution < -0.4 is 4.90 Å². The van der Waals surface area contributed by atoms with Crippen molar-refractivity contribution in [3.05, 3.63) is 48.3 Å². The lowest BCUT2D eigenvalue weighted by molar-refractivity contribution is -0.143. The Morgan fingerprint density at radius 2 is 1.79 bits per heavy atom. The fourth-order valence-electron chi connectivity index (χ4n) is 5.61. The molecule has 0 bridgehead atoms. The second-order valence-corrected chi connectivity index (χ2v) is 12.0. The molecule has 2 aromatic carbocycles. The minimum absolute atomic E-state index is 0.0270. The van der Waals surface area contributed by atoms with Gasteiger partial charge < -0.3 is 29.4 Å². The molecule has 3 saturated heterocycles. The van der Waals surface area contributed by atoms with Gasteiger partial charge in [-0.2, -0.15) is 4.31 Å². The molecule has 4 heterocycles. The van der Waals surface area contributed by atoms with E-state index in [1.54, 1.807) is 35.2 Å². The van der Waals surface area contributed by atoms with E-state index in [0.29, 0.717) is 68.0 Å². The third kappa shape index (κ3) is 4.80. The lowest BCUT2D eigenvalue weighted by Gasteiger charge is -2.37. The molecule has 1 aromatic heterocycles. The van der Waals surface area contributed by atoms with Crippen LogP contribution in [-0.4, -0.2) is 105 Å². The molecule has 39 heavy (non-hydrogen) atoms. The number of aromatic amines is 1. The third-order valence-electron chi connectivity index (χ3n) is 7.68. The number of benzene rings is 2. The quantitative estimate of drug-likeness (QED) is 0.491. The number of aliphatic hydroxyl groups excluding tert-OH is 1. The molecule has 3 aromatic rings. The van der Waals surface area contributed by atoms with Gasteiger partial charge in [-0.1, -0.05) is 12.1 Å². The number of sulfonamides is 1. The second kappa shape index (κ2) is 10.5. The second-order valence-electron chi connectivity index (χ2n) is 10.1. The van der Waals surface area contributed by atoms with Gasteiger partial charge in [-0.3, -0.25) is 4.79 Å². The molecule has 0 radical (unpaired) electrons. The molecule has 2 atom stereocenters. The maximum atomic E-state index is 15.7. The molecule has 12 heteroatoms. The first kappa shape index (κ1) is 26.2. The lowest BCUT2D eigenvalue weighted by atomic mass is 10.1. The molecule has 208 valence electrons. The highest BCUT2D eigenvalue weighted by Crippen LogP contribution is 2.39.